The zero-order valence-corrected chi connectivity index (χ0v) is 12.6. The summed E-state index contributed by atoms with van der Waals surface area (Å²) in [6.45, 7) is 0. The van der Waals surface area contributed by atoms with Crippen molar-refractivity contribution in [3.05, 3.63) is 20.1 Å². The lowest BCUT2D eigenvalue weighted by Crippen LogP contribution is -2.44. The number of fused-ring (bicyclic) bond motifs is 2. The molecule has 2 bridgehead atoms. The second-order valence-electron chi connectivity index (χ2n) is 3.15. The fourth-order valence-corrected chi connectivity index (χ4v) is 5.24. The molecule has 2 rings (SSSR count). The molecule has 0 atom stereocenters. The summed E-state index contributed by atoms with van der Waals surface area (Å²) >= 11 is 48.2. The van der Waals surface area contributed by atoms with Crippen LogP contribution in [0.15, 0.2) is 20.1 Å². The Balaban J connectivity index is 2.84. The molecule has 0 fully saturated rings. The molecule has 0 spiro atoms. The highest BCUT2D eigenvalue weighted by Gasteiger charge is 2.78. The second-order valence-corrected chi connectivity index (χ2v) is 7.12. The maximum absolute atomic E-state index is 6.17. The fourth-order valence-electron chi connectivity index (χ4n) is 1.59. The number of hydrogen-bond acceptors (Lipinski definition) is 0. The average molecular weight is 368 g/mol. The van der Waals surface area contributed by atoms with E-state index in [0.29, 0.717) is 0 Å². The Hall–Kier alpha value is 1.80. The van der Waals surface area contributed by atoms with Crippen molar-refractivity contribution in [3.63, 3.8) is 0 Å². The van der Waals surface area contributed by atoms with Gasteiger partial charge in [0.15, 0.2) is 14.1 Å². The van der Waals surface area contributed by atoms with Crippen molar-refractivity contribution in [1.82, 2.24) is 0 Å². The first-order valence-electron chi connectivity index (χ1n) is 3.51. The van der Waals surface area contributed by atoms with Gasteiger partial charge in [0.05, 0.1) is 20.1 Å². The average Bonchev–Trinajstić information content (AvgIpc) is 2.34. The minimum Gasteiger partial charge on any atom is -0.103 e. The Morgan fingerprint density at radius 2 is 0.733 bits per heavy atom. The number of allylic oxidation sites excluding steroid dienone is 4. The van der Waals surface area contributed by atoms with Crippen LogP contribution < -0.4 is 0 Å². The molecule has 0 saturated heterocycles. The summed E-state index contributed by atoms with van der Waals surface area (Å²) in [6.07, 6.45) is 0. The van der Waals surface area contributed by atoms with E-state index >= 15 is 0 Å². The van der Waals surface area contributed by atoms with E-state index in [9.17, 15) is 0 Å². The van der Waals surface area contributed by atoms with Crippen LogP contribution in [0.2, 0.25) is 0 Å². The Labute approximate surface area is 126 Å². The minimum absolute atomic E-state index is 0.000216. The molecule has 0 amide bonds. The molecule has 0 aromatic carbocycles. The molecule has 0 N–H and O–H groups in total. The largest absolute Gasteiger partial charge is 0.176 e. The van der Waals surface area contributed by atoms with E-state index in [-0.39, 0.29) is 20.1 Å². The Morgan fingerprint density at radius 3 is 0.867 bits per heavy atom. The fraction of sp³-hybridized carbons (Fsp3) is 0.429. The van der Waals surface area contributed by atoms with E-state index in [2.05, 4.69) is 0 Å². The predicted molar refractivity (Wildman–Crippen MR) is 69.1 cm³/mol. The summed E-state index contributed by atoms with van der Waals surface area (Å²) in [4.78, 5) is -3.15. The van der Waals surface area contributed by atoms with Gasteiger partial charge in [-0.3, -0.25) is 0 Å². The summed E-state index contributed by atoms with van der Waals surface area (Å²) in [7, 11) is 0. The van der Waals surface area contributed by atoms with Crippen LogP contribution in [0.5, 0.6) is 0 Å². The van der Waals surface area contributed by atoms with E-state index in [1.807, 2.05) is 0 Å². The molecule has 0 aromatic rings. The molecular formula is C7Cl8. The maximum atomic E-state index is 6.17. The molecule has 15 heavy (non-hydrogen) atoms. The normalized spacial score (nSPS) is 43.2. The van der Waals surface area contributed by atoms with Crippen LogP contribution in [0, 0.1) is 0 Å². The van der Waals surface area contributed by atoms with Gasteiger partial charge >= 0.3 is 0 Å². The van der Waals surface area contributed by atoms with Gasteiger partial charge in [0.1, 0.15) is 0 Å². The van der Waals surface area contributed by atoms with Crippen LogP contribution in [-0.4, -0.2) is 14.1 Å². The molecule has 0 aromatic heterocycles. The summed E-state index contributed by atoms with van der Waals surface area (Å²) in [5, 5.41) is 0.000864. The Morgan fingerprint density at radius 1 is 0.533 bits per heavy atom. The molecule has 0 radical (unpaired) electrons. The lowest BCUT2D eigenvalue weighted by atomic mass is 10.1. The van der Waals surface area contributed by atoms with Crippen LogP contribution in [0.3, 0.4) is 0 Å². The molecule has 8 heteroatoms. The quantitative estimate of drug-likeness (QED) is 0.494. The van der Waals surface area contributed by atoms with Crippen LogP contribution in [0.4, 0.5) is 0 Å². The van der Waals surface area contributed by atoms with Gasteiger partial charge < -0.3 is 0 Å². The lowest BCUT2D eigenvalue weighted by Gasteiger charge is -2.31. The smallest absolute Gasteiger partial charge is 0.103 e. The summed E-state index contributed by atoms with van der Waals surface area (Å²) in [5.74, 6) is 0. The number of hydrogen-bond donors (Lipinski definition) is 0. The first kappa shape index (κ1) is 13.2. The van der Waals surface area contributed by atoms with E-state index in [0.717, 1.165) is 0 Å². The summed E-state index contributed by atoms with van der Waals surface area (Å²) < 4.78 is -1.72. The Kier molecular flexibility index (Phi) is 3.02. The van der Waals surface area contributed by atoms with Crippen LogP contribution in [0.25, 0.3) is 0 Å². The molecule has 0 unspecified atom stereocenters. The van der Waals surface area contributed by atoms with Gasteiger partial charge in [-0.05, 0) is 0 Å². The standard InChI is InChI=1S/C7Cl8/c8-1-2(9)6(13)4(11)3(10)5(1,12)7(6,14)15. The highest BCUT2D eigenvalue weighted by Crippen LogP contribution is 2.75. The minimum atomic E-state index is -1.72. The Bertz CT molecular complexity index is 355. The van der Waals surface area contributed by atoms with E-state index in [4.69, 9.17) is 92.8 Å². The van der Waals surface area contributed by atoms with Crippen molar-refractivity contribution < 1.29 is 0 Å². The third-order valence-electron chi connectivity index (χ3n) is 2.46. The number of halogens is 8. The van der Waals surface area contributed by atoms with Crippen molar-refractivity contribution in [2.45, 2.75) is 14.1 Å². The monoisotopic (exact) mass is 364 g/mol. The van der Waals surface area contributed by atoms with Gasteiger partial charge in [0.25, 0.3) is 0 Å². The molecule has 0 saturated carbocycles. The topological polar surface area (TPSA) is 0 Å². The van der Waals surface area contributed by atoms with Crippen LogP contribution >= 0.6 is 92.8 Å². The van der Waals surface area contributed by atoms with Gasteiger partial charge in [0.2, 0.25) is 0 Å². The van der Waals surface area contributed by atoms with Gasteiger partial charge in [-0.25, -0.2) is 0 Å². The molecule has 2 aliphatic carbocycles. The molecular weight excluding hydrogens is 368 g/mol. The molecule has 0 nitrogen and oxygen atoms in total. The zero-order valence-electron chi connectivity index (χ0n) is 6.52. The third-order valence-corrected chi connectivity index (χ3v) is 7.77. The predicted octanol–water partition coefficient (Wildman–Crippen LogP) is 5.52. The number of alkyl halides is 4. The van der Waals surface area contributed by atoms with Gasteiger partial charge in [-0.15, -0.1) is 23.2 Å². The lowest BCUT2D eigenvalue weighted by molar-refractivity contribution is 0.710. The highest BCUT2D eigenvalue weighted by atomic mass is 35.5. The number of rotatable bonds is 0. The van der Waals surface area contributed by atoms with Gasteiger partial charge in [0, 0.05) is 0 Å². The van der Waals surface area contributed by atoms with Crippen molar-refractivity contribution in [3.8, 4) is 0 Å². The van der Waals surface area contributed by atoms with Crippen LogP contribution in [-0.2, 0) is 0 Å². The molecule has 0 heterocycles. The van der Waals surface area contributed by atoms with Gasteiger partial charge in [-0.2, -0.15) is 0 Å². The summed E-state index contributed by atoms with van der Waals surface area (Å²) in [6, 6.07) is 0. The maximum Gasteiger partial charge on any atom is 0.176 e. The van der Waals surface area contributed by atoms with E-state index < -0.39 is 14.1 Å². The van der Waals surface area contributed by atoms with Crippen molar-refractivity contribution in [1.29, 1.82) is 0 Å². The van der Waals surface area contributed by atoms with Crippen molar-refractivity contribution in [2.75, 3.05) is 0 Å². The van der Waals surface area contributed by atoms with Crippen molar-refractivity contribution in [2.24, 2.45) is 0 Å². The summed E-state index contributed by atoms with van der Waals surface area (Å²) in [5.41, 5.74) is 0. The first-order valence-corrected chi connectivity index (χ1v) is 6.54. The van der Waals surface area contributed by atoms with Gasteiger partial charge in [-0.1, -0.05) is 69.6 Å². The van der Waals surface area contributed by atoms with E-state index in [1.54, 1.807) is 0 Å². The first-order chi connectivity index (χ1) is 6.63. The third kappa shape index (κ3) is 1.12. The molecule has 84 valence electrons. The molecule has 2 aliphatic rings. The SMILES string of the molecule is ClC1=C(Cl)C2(Cl)C(Cl)=C(Cl)C1(Cl)C2(Cl)Cl. The molecule has 0 aliphatic heterocycles. The van der Waals surface area contributed by atoms with Crippen molar-refractivity contribution >= 4 is 92.8 Å². The van der Waals surface area contributed by atoms with E-state index in [1.165, 1.54) is 0 Å². The second kappa shape index (κ2) is 3.42. The highest BCUT2D eigenvalue weighted by molar-refractivity contribution is 6.71. The zero-order chi connectivity index (χ0) is 11.8. The van der Waals surface area contributed by atoms with Crippen LogP contribution in [0.1, 0.15) is 0 Å².